The van der Waals surface area contributed by atoms with Crippen molar-refractivity contribution in [3.8, 4) is 0 Å². The van der Waals surface area contributed by atoms with Crippen LogP contribution in [0.25, 0.3) is 0 Å². The lowest BCUT2D eigenvalue weighted by Crippen LogP contribution is -2.67. The highest BCUT2D eigenvalue weighted by Crippen LogP contribution is 2.29. The number of ketones is 2. The summed E-state index contributed by atoms with van der Waals surface area (Å²) in [6.07, 6.45) is 7.05. The molecule has 0 saturated carbocycles. The molecule has 0 heterocycles. The number of hydrogen-bond acceptors (Lipinski definition) is 9. The first-order valence-corrected chi connectivity index (χ1v) is 16.7. The normalized spacial score (nSPS) is 15.9. The molecule has 9 nitrogen and oxygen atoms in total. The van der Waals surface area contributed by atoms with Crippen molar-refractivity contribution in [1.29, 1.82) is 0 Å². The van der Waals surface area contributed by atoms with E-state index in [4.69, 9.17) is 4.74 Å². The lowest BCUT2D eigenvalue weighted by Gasteiger charge is -2.40. The van der Waals surface area contributed by atoms with Crippen LogP contribution >= 0.6 is 0 Å². The molecule has 0 saturated heterocycles. The molecule has 1 unspecified atom stereocenters. The van der Waals surface area contributed by atoms with Gasteiger partial charge in [-0.2, -0.15) is 0 Å². The molecule has 9 heteroatoms. The van der Waals surface area contributed by atoms with E-state index in [2.05, 4.69) is 20.8 Å². The number of rotatable bonds is 29. The van der Waals surface area contributed by atoms with E-state index in [1.54, 1.807) is 0 Å². The van der Waals surface area contributed by atoms with Crippen LogP contribution in [0.4, 0.5) is 0 Å². The molecule has 0 aromatic carbocycles. The Bertz CT molecular complexity index is 714. The average Bonchev–Trinajstić information content (AvgIpc) is 2.99. The quantitative estimate of drug-likeness (QED) is 0.0580. The monoisotopic (exact) mass is 602 g/mol. The van der Waals surface area contributed by atoms with E-state index in [0.29, 0.717) is 25.7 Å². The Hall–Kier alpha value is -1.39. The Balaban J connectivity index is 5.71. The number of hydrogen-bond donors (Lipinski definition) is 5. The summed E-state index contributed by atoms with van der Waals surface area (Å²) in [5, 5.41) is 53.9. The highest BCUT2D eigenvalue weighted by molar-refractivity contribution is 5.91. The van der Waals surface area contributed by atoms with E-state index in [0.717, 1.165) is 89.9 Å². The van der Waals surface area contributed by atoms with Crippen LogP contribution in [-0.2, 0) is 19.1 Å². The molecule has 0 aliphatic rings. The van der Waals surface area contributed by atoms with Gasteiger partial charge < -0.3 is 30.3 Å². The van der Waals surface area contributed by atoms with Crippen LogP contribution in [-0.4, -0.2) is 79.7 Å². The second kappa shape index (κ2) is 25.0. The van der Waals surface area contributed by atoms with Crippen LogP contribution in [0.3, 0.4) is 0 Å². The Labute approximate surface area is 254 Å². The van der Waals surface area contributed by atoms with Gasteiger partial charge in [0.05, 0.1) is 6.61 Å². The number of carbonyl (C=O) groups excluding carboxylic acids is 3. The molecule has 0 radical (unpaired) electrons. The molecule has 5 N–H and O–H groups in total. The maximum Gasteiger partial charge on any atom is 0.306 e. The van der Waals surface area contributed by atoms with Crippen LogP contribution in [0.2, 0.25) is 0 Å². The minimum atomic E-state index is -2.99. The maximum absolute atomic E-state index is 13.5. The van der Waals surface area contributed by atoms with E-state index >= 15 is 0 Å². The molecule has 248 valence electrons. The summed E-state index contributed by atoms with van der Waals surface area (Å²) in [7, 11) is 0. The predicted molar refractivity (Wildman–Crippen MR) is 164 cm³/mol. The number of esters is 1. The molecular formula is C33H62O9. The lowest BCUT2D eigenvalue weighted by molar-refractivity contribution is -0.217. The van der Waals surface area contributed by atoms with Crippen molar-refractivity contribution in [3.05, 3.63) is 0 Å². The first-order valence-electron chi connectivity index (χ1n) is 16.7. The largest absolute Gasteiger partial charge is 0.456 e. The molecule has 0 aromatic rings. The molecule has 0 aromatic heterocycles. The van der Waals surface area contributed by atoms with Gasteiger partial charge >= 0.3 is 5.97 Å². The summed E-state index contributed by atoms with van der Waals surface area (Å²) in [4.78, 5) is 39.0. The number of aliphatic hydroxyl groups is 5. The van der Waals surface area contributed by atoms with E-state index in [-0.39, 0.29) is 19.3 Å². The van der Waals surface area contributed by atoms with Gasteiger partial charge in [-0.25, -0.2) is 0 Å². The first kappa shape index (κ1) is 40.6. The van der Waals surface area contributed by atoms with Crippen LogP contribution in [0, 0.1) is 0 Å². The van der Waals surface area contributed by atoms with E-state index < -0.39 is 54.2 Å². The van der Waals surface area contributed by atoms with Crippen LogP contribution < -0.4 is 0 Å². The number of aliphatic hydroxyl groups excluding tert-OH is 4. The summed E-state index contributed by atoms with van der Waals surface area (Å²) in [5.41, 5.74) is -2.99. The number of carbonyl (C=O) groups is 3. The van der Waals surface area contributed by atoms with E-state index in [9.17, 15) is 39.9 Å². The molecule has 42 heavy (non-hydrogen) atoms. The van der Waals surface area contributed by atoms with E-state index in [1.807, 2.05) is 0 Å². The van der Waals surface area contributed by atoms with E-state index in [1.165, 1.54) is 0 Å². The Morgan fingerprint density at radius 2 is 1.02 bits per heavy atom. The fourth-order valence-electron chi connectivity index (χ4n) is 5.21. The molecule has 0 rings (SSSR count). The second-order valence-electron chi connectivity index (χ2n) is 11.8. The molecular weight excluding hydrogens is 540 g/mol. The standard InChI is InChI=1S/C33H62O9/c1-4-7-10-13-16-19-22-26(35)30(39)31(40)33(41,28(37)23-20-17-14-11-8-5-2)32(27(36)25-34)42-29(38)24-21-18-15-12-9-6-3/h27,30-32,34,36,39-41H,4-25H2,1-3H3/t27-,30?,31+,32-,33-/m1/s1. The summed E-state index contributed by atoms with van der Waals surface area (Å²) >= 11 is 0. The summed E-state index contributed by atoms with van der Waals surface area (Å²) in [5.74, 6) is -2.52. The summed E-state index contributed by atoms with van der Waals surface area (Å²) in [6, 6.07) is 0. The summed E-state index contributed by atoms with van der Waals surface area (Å²) < 4.78 is 5.36. The molecule has 0 spiro atoms. The first-order chi connectivity index (χ1) is 20.1. The average molecular weight is 603 g/mol. The van der Waals surface area contributed by atoms with Gasteiger partial charge in [0, 0.05) is 19.3 Å². The Morgan fingerprint density at radius 1 is 0.619 bits per heavy atom. The van der Waals surface area contributed by atoms with Crippen molar-refractivity contribution in [2.45, 2.75) is 186 Å². The third-order valence-corrected chi connectivity index (χ3v) is 8.02. The second-order valence-corrected chi connectivity index (χ2v) is 11.8. The fourth-order valence-corrected chi connectivity index (χ4v) is 5.21. The van der Waals surface area contributed by atoms with Crippen molar-refractivity contribution < 1.29 is 44.7 Å². The van der Waals surface area contributed by atoms with Gasteiger partial charge in [0.2, 0.25) is 0 Å². The zero-order valence-electron chi connectivity index (χ0n) is 26.7. The topological polar surface area (TPSA) is 162 Å². The molecule has 0 bridgehead atoms. The molecule has 0 aliphatic heterocycles. The van der Waals surface area contributed by atoms with Crippen LogP contribution in [0.15, 0.2) is 0 Å². The third kappa shape index (κ3) is 15.9. The van der Waals surface area contributed by atoms with Crippen molar-refractivity contribution in [2.24, 2.45) is 0 Å². The van der Waals surface area contributed by atoms with Crippen molar-refractivity contribution in [1.82, 2.24) is 0 Å². The van der Waals surface area contributed by atoms with Gasteiger partial charge in [0.25, 0.3) is 0 Å². The zero-order chi connectivity index (χ0) is 31.8. The molecule has 0 amide bonds. The maximum atomic E-state index is 13.5. The van der Waals surface area contributed by atoms with Gasteiger partial charge in [-0.15, -0.1) is 0 Å². The molecule has 5 atom stereocenters. The number of unbranched alkanes of at least 4 members (excludes halogenated alkanes) is 15. The van der Waals surface area contributed by atoms with Gasteiger partial charge in [-0.05, 0) is 19.3 Å². The minimum Gasteiger partial charge on any atom is -0.456 e. The molecule has 0 aliphatic carbocycles. The third-order valence-electron chi connectivity index (χ3n) is 8.02. The number of Topliss-reactive ketones (excluding diaryl/α,β-unsaturated/α-hetero) is 2. The van der Waals surface area contributed by atoms with Crippen LogP contribution in [0.5, 0.6) is 0 Å². The SMILES string of the molecule is CCCCCCCCC(=O)O[C@H]([C@H](O)CO)[C@@](O)(C(=O)CCCCCCCC)[C@@H](O)C(O)C(=O)CCCCCCCC. The molecule has 0 fully saturated rings. The van der Waals surface area contributed by atoms with Crippen molar-refractivity contribution in [2.75, 3.05) is 6.61 Å². The Kier molecular flexibility index (Phi) is 24.2. The van der Waals surface area contributed by atoms with Gasteiger partial charge in [-0.1, -0.05) is 117 Å². The summed E-state index contributed by atoms with van der Waals surface area (Å²) in [6.45, 7) is 5.32. The van der Waals surface area contributed by atoms with Gasteiger partial charge in [0.1, 0.15) is 18.3 Å². The predicted octanol–water partition coefficient (Wildman–Crippen LogP) is 5.09. The zero-order valence-corrected chi connectivity index (χ0v) is 26.7. The highest BCUT2D eigenvalue weighted by atomic mass is 16.6. The Morgan fingerprint density at radius 3 is 1.48 bits per heavy atom. The minimum absolute atomic E-state index is 0.0436. The highest BCUT2D eigenvalue weighted by Gasteiger charge is 2.57. The number of ether oxygens (including phenoxy) is 1. The van der Waals surface area contributed by atoms with Crippen molar-refractivity contribution >= 4 is 17.5 Å². The smallest absolute Gasteiger partial charge is 0.306 e. The van der Waals surface area contributed by atoms with Gasteiger partial charge in [0.15, 0.2) is 23.3 Å². The van der Waals surface area contributed by atoms with Crippen LogP contribution in [0.1, 0.15) is 156 Å². The lowest BCUT2D eigenvalue weighted by atomic mass is 9.78. The van der Waals surface area contributed by atoms with Crippen molar-refractivity contribution in [3.63, 3.8) is 0 Å². The fraction of sp³-hybridized carbons (Fsp3) is 0.909. The van der Waals surface area contributed by atoms with Gasteiger partial charge in [-0.3, -0.25) is 14.4 Å².